The Balaban J connectivity index is 2.65. The van der Waals surface area contributed by atoms with Gasteiger partial charge in [-0.2, -0.15) is 0 Å². The average molecular weight is 428 g/mol. The smallest absolute Gasteiger partial charge is 0.258 e. The van der Waals surface area contributed by atoms with Crippen LogP contribution in [0.5, 0.6) is 0 Å². The molecule has 0 unspecified atom stereocenters. The molecule has 112 valence electrons. The maximum atomic E-state index is 11.1. The van der Waals surface area contributed by atoms with E-state index in [4.69, 9.17) is 0 Å². The maximum Gasteiger partial charge on any atom is 0.277 e. The molecule has 2 rings (SSSR count). The first-order valence-electron chi connectivity index (χ1n) is 5.96. The molecule has 0 saturated carbocycles. The molecule has 0 N–H and O–H groups in total. The molecule has 2 aromatic rings. The Hall–Kier alpha value is -2.06. The van der Waals surface area contributed by atoms with E-state index >= 15 is 0 Å². The number of nitrogens with zero attached hydrogens (tertiary/aromatic N) is 2. The van der Waals surface area contributed by atoms with Crippen LogP contribution in [0.15, 0.2) is 48.5 Å². The van der Waals surface area contributed by atoms with E-state index in [0.717, 1.165) is 0 Å². The van der Waals surface area contributed by atoms with Crippen LogP contribution < -0.4 is 0 Å². The van der Waals surface area contributed by atoms with Gasteiger partial charge in [0.25, 0.3) is 11.4 Å². The maximum absolute atomic E-state index is 11.1. The molecule has 0 bridgehead atoms. The van der Waals surface area contributed by atoms with Gasteiger partial charge in [-0.25, -0.2) is 0 Å². The Morgan fingerprint density at radius 1 is 0.727 bits per heavy atom. The first kappa shape index (κ1) is 16.3. The van der Waals surface area contributed by atoms with Crippen LogP contribution in [-0.2, 0) is 0 Å². The van der Waals surface area contributed by atoms with E-state index in [2.05, 4.69) is 31.9 Å². The van der Waals surface area contributed by atoms with Crippen molar-refractivity contribution in [3.05, 3.63) is 79.9 Å². The second kappa shape index (κ2) is 6.80. The molecular formula is C14H8Br2N2O4. The number of hydrogen-bond donors (Lipinski definition) is 0. The van der Waals surface area contributed by atoms with Gasteiger partial charge < -0.3 is 0 Å². The van der Waals surface area contributed by atoms with Crippen LogP contribution >= 0.6 is 31.9 Å². The van der Waals surface area contributed by atoms with Crippen molar-refractivity contribution >= 4 is 52.2 Å². The van der Waals surface area contributed by atoms with Gasteiger partial charge in [-0.1, -0.05) is 24.3 Å². The van der Waals surface area contributed by atoms with Crippen LogP contribution in [0, 0.1) is 20.2 Å². The summed E-state index contributed by atoms with van der Waals surface area (Å²) in [5.41, 5.74) is 0.477. The fourth-order valence-electron chi connectivity index (χ4n) is 1.87. The van der Waals surface area contributed by atoms with Gasteiger partial charge in [0.2, 0.25) is 0 Å². The van der Waals surface area contributed by atoms with Gasteiger partial charge in [0, 0.05) is 21.1 Å². The van der Waals surface area contributed by atoms with E-state index in [-0.39, 0.29) is 11.4 Å². The van der Waals surface area contributed by atoms with Gasteiger partial charge in [0.15, 0.2) is 0 Å². The highest BCUT2D eigenvalue weighted by Crippen LogP contribution is 2.41. The molecule has 22 heavy (non-hydrogen) atoms. The summed E-state index contributed by atoms with van der Waals surface area (Å²) in [6.45, 7) is 0. The summed E-state index contributed by atoms with van der Waals surface area (Å²) in [6.07, 6.45) is 0. The van der Waals surface area contributed by atoms with E-state index in [1.54, 1.807) is 36.4 Å². The molecule has 0 atom stereocenters. The third-order valence-corrected chi connectivity index (χ3v) is 5.05. The number of nitro groups is 2. The predicted octanol–water partition coefficient (Wildman–Crippen LogP) is 5.12. The van der Waals surface area contributed by atoms with Crippen molar-refractivity contribution in [2.75, 3.05) is 0 Å². The third-order valence-electron chi connectivity index (χ3n) is 2.87. The molecule has 0 aromatic heterocycles. The Morgan fingerprint density at radius 3 is 1.36 bits per heavy atom. The first-order valence-corrected chi connectivity index (χ1v) is 7.55. The van der Waals surface area contributed by atoms with Gasteiger partial charge in [-0.05, 0) is 44.0 Å². The molecule has 8 heteroatoms. The fraction of sp³-hybridized carbons (Fsp3) is 0. The van der Waals surface area contributed by atoms with Crippen molar-refractivity contribution in [3.63, 3.8) is 0 Å². The number of rotatable bonds is 4. The molecule has 0 aliphatic heterocycles. The predicted molar refractivity (Wildman–Crippen MR) is 90.9 cm³/mol. The van der Waals surface area contributed by atoms with Gasteiger partial charge in [-0.3, -0.25) is 20.2 Å². The monoisotopic (exact) mass is 426 g/mol. The summed E-state index contributed by atoms with van der Waals surface area (Å²) in [7, 11) is 0. The normalized spacial score (nSPS) is 11.7. The van der Waals surface area contributed by atoms with Gasteiger partial charge in [0.1, 0.15) is 0 Å². The molecule has 0 aliphatic carbocycles. The molecule has 0 spiro atoms. The molecule has 0 radical (unpaired) electrons. The second-order valence-electron chi connectivity index (χ2n) is 4.18. The van der Waals surface area contributed by atoms with Crippen molar-refractivity contribution in [3.8, 4) is 0 Å². The molecule has 0 amide bonds. The lowest BCUT2D eigenvalue weighted by Gasteiger charge is -2.07. The molecule has 2 aromatic carbocycles. The second-order valence-corrected chi connectivity index (χ2v) is 5.76. The van der Waals surface area contributed by atoms with E-state index in [1.165, 1.54) is 12.1 Å². The number of para-hydroxylation sites is 2. The van der Waals surface area contributed by atoms with Crippen LogP contribution in [-0.4, -0.2) is 9.85 Å². The van der Waals surface area contributed by atoms with Crippen molar-refractivity contribution in [2.45, 2.75) is 0 Å². The summed E-state index contributed by atoms with van der Waals surface area (Å²) in [5, 5.41) is 22.2. The summed E-state index contributed by atoms with van der Waals surface area (Å²) in [6, 6.07) is 12.3. The Kier molecular flexibility index (Phi) is 5.04. The molecule has 0 saturated heterocycles. The lowest BCUT2D eigenvalue weighted by Crippen LogP contribution is -1.95. The van der Waals surface area contributed by atoms with Crippen LogP contribution in [0.25, 0.3) is 8.96 Å². The van der Waals surface area contributed by atoms with Crippen LogP contribution in [0.3, 0.4) is 0 Å². The van der Waals surface area contributed by atoms with Crippen LogP contribution in [0.2, 0.25) is 0 Å². The van der Waals surface area contributed by atoms with Crippen molar-refractivity contribution in [1.29, 1.82) is 0 Å². The zero-order chi connectivity index (χ0) is 16.3. The number of halogens is 2. The highest BCUT2D eigenvalue weighted by Gasteiger charge is 2.21. The lowest BCUT2D eigenvalue weighted by molar-refractivity contribution is -0.385. The molecule has 0 aliphatic rings. The van der Waals surface area contributed by atoms with Gasteiger partial charge >= 0.3 is 0 Å². The number of benzene rings is 2. The zero-order valence-electron chi connectivity index (χ0n) is 10.9. The molecule has 0 fully saturated rings. The standard InChI is InChI=1S/C14H8Br2N2O4/c15-13(9-5-1-3-7-11(9)17(19)20)14(16)10-6-2-4-8-12(10)18(21)22/h1-8H/b14-13-. The van der Waals surface area contributed by atoms with E-state index in [1.807, 2.05) is 0 Å². The highest BCUT2D eigenvalue weighted by molar-refractivity contribution is 9.18. The highest BCUT2D eigenvalue weighted by atomic mass is 79.9. The number of hydrogen-bond acceptors (Lipinski definition) is 4. The lowest BCUT2D eigenvalue weighted by atomic mass is 10.1. The first-order chi connectivity index (χ1) is 10.4. The summed E-state index contributed by atoms with van der Waals surface area (Å²) >= 11 is 6.59. The van der Waals surface area contributed by atoms with E-state index in [9.17, 15) is 20.2 Å². The van der Waals surface area contributed by atoms with Crippen LogP contribution in [0.4, 0.5) is 11.4 Å². The Bertz CT molecular complexity index is 724. The molecule has 6 nitrogen and oxygen atoms in total. The van der Waals surface area contributed by atoms with Crippen molar-refractivity contribution < 1.29 is 9.85 Å². The van der Waals surface area contributed by atoms with E-state index < -0.39 is 9.85 Å². The quantitative estimate of drug-likeness (QED) is 0.385. The fourth-order valence-corrected chi connectivity index (χ4v) is 2.97. The molecular weight excluding hydrogens is 420 g/mol. The minimum atomic E-state index is -0.504. The molecule has 0 heterocycles. The summed E-state index contributed by atoms with van der Waals surface area (Å²) < 4.78 is 0.739. The van der Waals surface area contributed by atoms with Gasteiger partial charge in [0.05, 0.1) is 21.0 Å². The zero-order valence-corrected chi connectivity index (χ0v) is 14.1. The van der Waals surface area contributed by atoms with Crippen molar-refractivity contribution in [1.82, 2.24) is 0 Å². The third kappa shape index (κ3) is 3.23. The number of nitro benzene ring substituents is 2. The van der Waals surface area contributed by atoms with Gasteiger partial charge in [-0.15, -0.1) is 0 Å². The Morgan fingerprint density at radius 2 is 1.05 bits per heavy atom. The largest absolute Gasteiger partial charge is 0.277 e. The van der Waals surface area contributed by atoms with E-state index in [0.29, 0.717) is 20.1 Å². The summed E-state index contributed by atoms with van der Waals surface area (Å²) in [5.74, 6) is 0. The topological polar surface area (TPSA) is 86.3 Å². The SMILES string of the molecule is O=[N+]([O-])c1ccccc1/C(Br)=C(/Br)c1ccccc1[N+](=O)[O-]. The summed E-state index contributed by atoms with van der Waals surface area (Å²) in [4.78, 5) is 21.2. The minimum Gasteiger partial charge on any atom is -0.258 e. The average Bonchev–Trinajstić information content (AvgIpc) is 2.53. The Labute approximate surface area is 142 Å². The van der Waals surface area contributed by atoms with Crippen molar-refractivity contribution in [2.24, 2.45) is 0 Å². The van der Waals surface area contributed by atoms with Crippen LogP contribution in [0.1, 0.15) is 11.1 Å². The minimum absolute atomic E-state index is 0.0927.